The van der Waals surface area contributed by atoms with Crippen LogP contribution in [0.2, 0.25) is 0 Å². The van der Waals surface area contributed by atoms with Gasteiger partial charge in [0.05, 0.1) is 0 Å². The second-order valence-electron chi connectivity index (χ2n) is 0.346. The van der Waals surface area contributed by atoms with Crippen LogP contribution in [0.5, 0.6) is 0 Å². The minimum Gasteiger partial charge on any atom is -1.00 e. The molecule has 0 aliphatic carbocycles. The molecule has 0 spiro atoms. The third kappa shape index (κ3) is 45.0. The Morgan fingerprint density at radius 1 is 1.14 bits per heavy atom. The predicted octanol–water partition coefficient (Wildman–Crippen LogP) is -5.09. The van der Waals surface area contributed by atoms with Crippen LogP contribution in [0.3, 0.4) is 0 Å². The van der Waals surface area contributed by atoms with E-state index < -0.39 is 7.32 Å². The molecule has 3 N–H and O–H groups in total. The van der Waals surface area contributed by atoms with Gasteiger partial charge in [-0.25, -0.2) is 0 Å². The molecular weight excluding hydrogens is 378 g/mol. The maximum absolute atomic E-state index is 7.17. The van der Waals surface area contributed by atoms with Crippen molar-refractivity contribution in [2.75, 3.05) is 0 Å². The molecule has 0 amide bonds. The van der Waals surface area contributed by atoms with Gasteiger partial charge in [-0.1, -0.05) is 0 Å². The first kappa shape index (κ1) is 22.4. The molecule has 0 bridgehead atoms. The van der Waals surface area contributed by atoms with E-state index in [9.17, 15) is 0 Å². The second-order valence-corrected chi connectivity index (χ2v) is 0.346. The van der Waals surface area contributed by atoms with Crippen molar-refractivity contribution in [1.82, 2.24) is 0 Å². The Morgan fingerprint density at radius 2 is 1.14 bits per heavy atom. The molecule has 45 valence electrons. The first-order chi connectivity index (χ1) is 1.73. The van der Waals surface area contributed by atoms with Crippen molar-refractivity contribution in [1.29, 1.82) is 0 Å². The van der Waals surface area contributed by atoms with E-state index in [1.54, 1.807) is 0 Å². The van der Waals surface area contributed by atoms with Crippen LogP contribution < -0.4 is 18.9 Å². The molecule has 0 rings (SSSR count). The first-order valence-corrected chi connectivity index (χ1v) is 0.775. The summed E-state index contributed by atoms with van der Waals surface area (Å²) in [5.41, 5.74) is 0. The number of hydrogen-bond donors (Lipinski definition) is 3. The monoisotopic (exact) mass is 385 g/mol. The van der Waals surface area contributed by atoms with E-state index in [2.05, 4.69) is 0 Å². The Kier molecular flexibility index (Phi) is 51.8. The van der Waals surface area contributed by atoms with E-state index >= 15 is 0 Å². The van der Waals surface area contributed by atoms with Gasteiger partial charge in [-0.2, -0.15) is 0 Å². The number of rotatable bonds is 0. The van der Waals surface area contributed by atoms with Gasteiger partial charge in [0, 0.05) is 36.9 Å². The van der Waals surface area contributed by atoms with Crippen LogP contribution in [-0.4, -0.2) is 71.3 Å². The van der Waals surface area contributed by atoms with Crippen molar-refractivity contribution in [2.24, 2.45) is 0 Å². The second kappa shape index (κ2) is 16.2. The molecular formula is H6BBaLiLuO3. The Morgan fingerprint density at radius 3 is 1.14 bits per heavy atom. The smallest absolute Gasteiger partial charge is 1.00 e. The zero-order valence-corrected chi connectivity index (χ0v) is 9.98. The molecule has 0 atom stereocenters. The van der Waals surface area contributed by atoms with Gasteiger partial charge in [-0.15, -0.1) is 0 Å². The molecule has 0 aliphatic heterocycles. The van der Waals surface area contributed by atoms with Crippen LogP contribution in [0.1, 0.15) is 4.28 Å². The van der Waals surface area contributed by atoms with Crippen LogP contribution in [-0.2, 0) is 0 Å². The molecule has 0 saturated carbocycles. The average molecular weight is 384 g/mol. The van der Waals surface area contributed by atoms with Gasteiger partial charge in [0.25, 0.3) is 0 Å². The van der Waals surface area contributed by atoms with Gasteiger partial charge >= 0.3 is 75.1 Å². The maximum Gasteiger partial charge on any atom is 2.00 e. The van der Waals surface area contributed by atoms with Crippen molar-refractivity contribution in [3.63, 3.8) is 0 Å². The van der Waals surface area contributed by atoms with Crippen LogP contribution in [0.4, 0.5) is 0 Å². The van der Waals surface area contributed by atoms with Crippen molar-refractivity contribution in [3.8, 4) is 0 Å². The van der Waals surface area contributed by atoms with E-state index in [4.69, 9.17) is 15.1 Å². The summed E-state index contributed by atoms with van der Waals surface area (Å²) in [4.78, 5) is 0. The molecule has 0 fully saturated rings. The van der Waals surface area contributed by atoms with Crippen molar-refractivity contribution >= 4 is 56.2 Å². The molecule has 7 heteroatoms. The van der Waals surface area contributed by atoms with Gasteiger partial charge in [0.1, 0.15) is 0 Å². The molecule has 0 aliphatic rings. The van der Waals surface area contributed by atoms with Gasteiger partial charge in [0.15, 0.2) is 0 Å². The Bertz CT molecular complexity index is 28.5. The molecule has 0 heterocycles. The van der Waals surface area contributed by atoms with Gasteiger partial charge in [-0.05, 0) is 0 Å². The molecule has 3 nitrogen and oxygen atoms in total. The summed E-state index contributed by atoms with van der Waals surface area (Å²) in [5, 5.41) is 21.5. The number of hydrogen-bond acceptors (Lipinski definition) is 3. The molecule has 0 saturated heterocycles. The third-order valence-corrected chi connectivity index (χ3v) is 0. The molecule has 0 unspecified atom stereocenters. The summed E-state index contributed by atoms with van der Waals surface area (Å²) in [5.74, 6) is 0. The van der Waals surface area contributed by atoms with Gasteiger partial charge in [0.2, 0.25) is 0 Å². The van der Waals surface area contributed by atoms with Crippen LogP contribution in [0.15, 0.2) is 0 Å². The van der Waals surface area contributed by atoms with Gasteiger partial charge in [-0.3, -0.25) is 0 Å². The van der Waals surface area contributed by atoms with E-state index in [0.717, 1.165) is 0 Å². The predicted molar refractivity (Wildman–Crippen MR) is 21.5 cm³/mol. The molecule has 0 aromatic heterocycles. The van der Waals surface area contributed by atoms with Gasteiger partial charge < -0.3 is 19.4 Å². The van der Waals surface area contributed by atoms with Crippen molar-refractivity contribution < 1.29 is 75.1 Å². The summed E-state index contributed by atoms with van der Waals surface area (Å²) >= 11 is 0. The molecule has 0 aromatic carbocycles. The van der Waals surface area contributed by atoms with Crippen molar-refractivity contribution in [2.45, 2.75) is 0 Å². The zero-order valence-electron chi connectivity index (χ0n) is 6.88. The maximum atomic E-state index is 7.17. The van der Waals surface area contributed by atoms with Crippen LogP contribution in [0, 0.1) is 36.9 Å². The van der Waals surface area contributed by atoms with E-state index in [1.165, 1.54) is 0 Å². The minimum absolute atomic E-state index is 0. The summed E-state index contributed by atoms with van der Waals surface area (Å²) in [6.07, 6.45) is 0. The van der Waals surface area contributed by atoms with E-state index in [-0.39, 0.29) is 109 Å². The first-order valence-electron chi connectivity index (χ1n) is 0.775. The quantitative estimate of drug-likeness (QED) is 0.367. The summed E-state index contributed by atoms with van der Waals surface area (Å²) in [6, 6.07) is 0. The fraction of sp³-hybridized carbons (Fsp3) is 0. The van der Waals surface area contributed by atoms with Crippen LogP contribution in [0.25, 0.3) is 0 Å². The van der Waals surface area contributed by atoms with Crippen LogP contribution >= 0.6 is 0 Å². The Hall–Kier alpha value is 3.35. The van der Waals surface area contributed by atoms with Crippen molar-refractivity contribution in [3.05, 3.63) is 0 Å². The fourth-order valence-electron chi connectivity index (χ4n) is 0. The SMILES string of the molecule is OB(O)O.[Ba+2].[H-].[H-].[H-].[Li+].[Lu]. The summed E-state index contributed by atoms with van der Waals surface area (Å²) < 4.78 is 0. The molecule has 7 heavy (non-hydrogen) atoms. The largest absolute Gasteiger partial charge is 2.00 e. The topological polar surface area (TPSA) is 60.7 Å². The third-order valence-electron chi connectivity index (χ3n) is 0. The Balaban J connectivity index is -0.00000000300. The minimum atomic E-state index is -2.17. The zero-order chi connectivity index (χ0) is 3.58. The summed E-state index contributed by atoms with van der Waals surface area (Å²) in [6.45, 7) is 0. The molecule has 0 aromatic rings. The molecule has 1 radical (unpaired) electrons. The average Bonchev–Trinajstić information content (AvgIpc) is 0.811. The Labute approximate surface area is 128 Å². The van der Waals surface area contributed by atoms with E-state index in [0.29, 0.717) is 0 Å². The normalized spacial score (nSPS) is 3.86. The standard InChI is InChI=1S/BH3O3.Ba.Li.Lu.3H/c2-1(3)4;;;;;;/h2-4H;;;;;;/q;+2;+1;;3*-1. The van der Waals surface area contributed by atoms with E-state index in [1.807, 2.05) is 0 Å². The summed E-state index contributed by atoms with van der Waals surface area (Å²) in [7, 11) is -2.17. The fourth-order valence-corrected chi connectivity index (χ4v) is 0.